The highest BCUT2D eigenvalue weighted by atomic mass is 16.3. The van der Waals surface area contributed by atoms with E-state index in [0.717, 1.165) is 25.2 Å². The van der Waals surface area contributed by atoms with Crippen molar-refractivity contribution in [2.24, 2.45) is 11.8 Å². The predicted molar refractivity (Wildman–Crippen MR) is 81.2 cm³/mol. The maximum absolute atomic E-state index is 11.1. The summed E-state index contributed by atoms with van der Waals surface area (Å²) in [6.45, 7) is 8.85. The van der Waals surface area contributed by atoms with E-state index in [2.05, 4.69) is 45.9 Å². The molecule has 1 aromatic rings. The molecule has 0 bridgehead atoms. The van der Waals surface area contributed by atoms with Gasteiger partial charge in [-0.3, -0.25) is 0 Å². The SMILES string of the molecule is Cc1cccc(C2(O)CCCC(CC(C)C)C2)c1C. The lowest BCUT2D eigenvalue weighted by Crippen LogP contribution is -2.34. The maximum Gasteiger partial charge on any atom is 0.0901 e. The molecule has 0 heterocycles. The molecule has 1 heteroatoms. The minimum Gasteiger partial charge on any atom is -0.385 e. The van der Waals surface area contributed by atoms with Crippen LogP contribution >= 0.6 is 0 Å². The van der Waals surface area contributed by atoms with Crippen LogP contribution in [0.1, 0.15) is 62.6 Å². The van der Waals surface area contributed by atoms with Gasteiger partial charge in [0.15, 0.2) is 0 Å². The van der Waals surface area contributed by atoms with Crippen molar-refractivity contribution in [3.63, 3.8) is 0 Å². The molecule has 1 aliphatic rings. The lowest BCUT2D eigenvalue weighted by atomic mass is 9.71. The van der Waals surface area contributed by atoms with Crippen LogP contribution in [0.2, 0.25) is 0 Å². The molecule has 0 radical (unpaired) electrons. The van der Waals surface area contributed by atoms with E-state index in [1.165, 1.54) is 29.5 Å². The van der Waals surface area contributed by atoms with Gasteiger partial charge in [-0.2, -0.15) is 0 Å². The summed E-state index contributed by atoms with van der Waals surface area (Å²) in [5.74, 6) is 1.41. The van der Waals surface area contributed by atoms with Gasteiger partial charge in [0.05, 0.1) is 5.60 Å². The molecule has 0 amide bonds. The van der Waals surface area contributed by atoms with Gasteiger partial charge in [0, 0.05) is 0 Å². The Morgan fingerprint density at radius 1 is 1.32 bits per heavy atom. The van der Waals surface area contributed by atoms with E-state index in [-0.39, 0.29) is 0 Å². The summed E-state index contributed by atoms with van der Waals surface area (Å²) in [5.41, 5.74) is 3.14. The molecule has 1 nitrogen and oxygen atoms in total. The molecule has 0 spiro atoms. The second-order valence-corrected chi connectivity index (χ2v) is 6.87. The fourth-order valence-electron chi connectivity index (χ4n) is 3.73. The molecule has 1 saturated carbocycles. The number of hydrogen-bond donors (Lipinski definition) is 1. The summed E-state index contributed by atoms with van der Waals surface area (Å²) in [5, 5.41) is 11.1. The van der Waals surface area contributed by atoms with Crippen LogP contribution in [-0.4, -0.2) is 5.11 Å². The molecule has 106 valence electrons. The third-order valence-electron chi connectivity index (χ3n) is 4.74. The summed E-state index contributed by atoms with van der Waals surface area (Å²) < 4.78 is 0. The topological polar surface area (TPSA) is 20.2 Å². The summed E-state index contributed by atoms with van der Waals surface area (Å²) in [6.07, 6.45) is 5.54. The first-order valence-electron chi connectivity index (χ1n) is 7.71. The molecular weight excluding hydrogens is 232 g/mol. The fraction of sp³-hybridized carbons (Fsp3) is 0.667. The van der Waals surface area contributed by atoms with Gasteiger partial charge in [-0.25, -0.2) is 0 Å². The Morgan fingerprint density at radius 2 is 2.05 bits per heavy atom. The molecule has 1 N–H and O–H groups in total. The third-order valence-corrected chi connectivity index (χ3v) is 4.74. The van der Waals surface area contributed by atoms with Gasteiger partial charge in [0.25, 0.3) is 0 Å². The largest absolute Gasteiger partial charge is 0.385 e. The minimum atomic E-state index is -0.589. The van der Waals surface area contributed by atoms with Crippen molar-refractivity contribution >= 4 is 0 Å². The number of benzene rings is 1. The van der Waals surface area contributed by atoms with E-state index in [0.29, 0.717) is 5.92 Å². The number of aryl methyl sites for hydroxylation is 1. The zero-order chi connectivity index (χ0) is 14.0. The summed E-state index contributed by atoms with van der Waals surface area (Å²) >= 11 is 0. The first kappa shape index (κ1) is 14.6. The second kappa shape index (κ2) is 5.66. The van der Waals surface area contributed by atoms with Crippen molar-refractivity contribution in [1.29, 1.82) is 0 Å². The molecule has 1 aliphatic carbocycles. The van der Waals surface area contributed by atoms with Crippen molar-refractivity contribution < 1.29 is 5.11 Å². The van der Waals surface area contributed by atoms with Crippen molar-refractivity contribution in [2.75, 3.05) is 0 Å². The minimum absolute atomic E-state index is 0.589. The molecule has 0 aromatic heterocycles. The van der Waals surface area contributed by atoms with Gasteiger partial charge >= 0.3 is 0 Å². The van der Waals surface area contributed by atoms with Gasteiger partial charge in [-0.05, 0) is 68.1 Å². The molecule has 19 heavy (non-hydrogen) atoms. The average Bonchev–Trinajstić information content (AvgIpc) is 2.31. The molecular formula is C18H28O. The standard InChI is InChI=1S/C18H28O/c1-13(2)11-16-8-6-10-18(19,12-16)17-9-5-7-14(3)15(17)4/h5,7,9,13,16,19H,6,8,10-12H2,1-4H3. The molecule has 2 rings (SSSR count). The summed E-state index contributed by atoms with van der Waals surface area (Å²) in [4.78, 5) is 0. The Labute approximate surface area is 118 Å². The molecule has 1 aromatic carbocycles. The van der Waals surface area contributed by atoms with Crippen LogP contribution in [0.25, 0.3) is 0 Å². The van der Waals surface area contributed by atoms with E-state index in [9.17, 15) is 5.11 Å². The van der Waals surface area contributed by atoms with Crippen LogP contribution in [-0.2, 0) is 5.60 Å². The highest BCUT2D eigenvalue weighted by Gasteiger charge is 2.36. The first-order chi connectivity index (χ1) is 8.92. The number of hydrogen-bond acceptors (Lipinski definition) is 1. The fourth-order valence-corrected chi connectivity index (χ4v) is 3.73. The summed E-state index contributed by atoms with van der Waals surface area (Å²) in [6, 6.07) is 6.35. The van der Waals surface area contributed by atoms with Crippen LogP contribution in [0.15, 0.2) is 18.2 Å². The van der Waals surface area contributed by atoms with Crippen molar-refractivity contribution in [1.82, 2.24) is 0 Å². The van der Waals surface area contributed by atoms with E-state index in [4.69, 9.17) is 0 Å². The van der Waals surface area contributed by atoms with Gasteiger partial charge in [-0.1, -0.05) is 38.5 Å². The molecule has 2 atom stereocenters. The second-order valence-electron chi connectivity index (χ2n) is 6.87. The van der Waals surface area contributed by atoms with Crippen molar-refractivity contribution in [2.45, 2.75) is 65.4 Å². The quantitative estimate of drug-likeness (QED) is 0.833. The number of rotatable bonds is 3. The van der Waals surface area contributed by atoms with Crippen LogP contribution in [0, 0.1) is 25.7 Å². The summed E-state index contributed by atoms with van der Waals surface area (Å²) in [7, 11) is 0. The lowest BCUT2D eigenvalue weighted by Gasteiger charge is -2.39. The van der Waals surface area contributed by atoms with E-state index in [1.807, 2.05) is 0 Å². The maximum atomic E-state index is 11.1. The van der Waals surface area contributed by atoms with E-state index in [1.54, 1.807) is 0 Å². The van der Waals surface area contributed by atoms with Crippen LogP contribution in [0.3, 0.4) is 0 Å². The molecule has 0 saturated heterocycles. The highest BCUT2D eigenvalue weighted by Crippen LogP contribution is 2.43. The Hall–Kier alpha value is -0.820. The highest BCUT2D eigenvalue weighted by molar-refractivity contribution is 5.37. The Balaban J connectivity index is 2.24. The normalized spacial score (nSPS) is 27.8. The molecule has 2 unspecified atom stereocenters. The molecule has 1 fully saturated rings. The Morgan fingerprint density at radius 3 is 2.74 bits per heavy atom. The van der Waals surface area contributed by atoms with Crippen molar-refractivity contribution in [3.05, 3.63) is 34.9 Å². The van der Waals surface area contributed by atoms with E-state index < -0.39 is 5.60 Å². The van der Waals surface area contributed by atoms with Gasteiger partial charge in [0.2, 0.25) is 0 Å². The monoisotopic (exact) mass is 260 g/mol. The Kier molecular flexibility index (Phi) is 4.35. The zero-order valence-electron chi connectivity index (χ0n) is 12.9. The van der Waals surface area contributed by atoms with Gasteiger partial charge < -0.3 is 5.11 Å². The lowest BCUT2D eigenvalue weighted by molar-refractivity contribution is -0.0250. The Bertz CT molecular complexity index is 435. The van der Waals surface area contributed by atoms with Crippen LogP contribution in [0.4, 0.5) is 0 Å². The van der Waals surface area contributed by atoms with Crippen LogP contribution < -0.4 is 0 Å². The third kappa shape index (κ3) is 3.20. The van der Waals surface area contributed by atoms with Crippen molar-refractivity contribution in [3.8, 4) is 0 Å². The van der Waals surface area contributed by atoms with Crippen LogP contribution in [0.5, 0.6) is 0 Å². The van der Waals surface area contributed by atoms with Gasteiger partial charge in [-0.15, -0.1) is 0 Å². The van der Waals surface area contributed by atoms with E-state index >= 15 is 0 Å². The smallest absolute Gasteiger partial charge is 0.0901 e. The number of aliphatic hydroxyl groups is 1. The first-order valence-corrected chi connectivity index (χ1v) is 7.71. The molecule has 0 aliphatic heterocycles. The van der Waals surface area contributed by atoms with Gasteiger partial charge in [0.1, 0.15) is 0 Å². The average molecular weight is 260 g/mol. The predicted octanol–water partition coefficient (Wildman–Crippen LogP) is 4.73. The zero-order valence-corrected chi connectivity index (χ0v) is 12.9.